The fourth-order valence-electron chi connectivity index (χ4n) is 4.98. The number of anilines is 2. The number of rotatable bonds is 5. The molecule has 3 aromatic carbocycles. The normalized spacial score (nSPS) is 19.0. The minimum atomic E-state index is -0.338. The maximum absolute atomic E-state index is 13.7. The third-order valence-corrected chi connectivity index (χ3v) is 6.69. The number of methoxy groups -OCH3 is 3. The minimum Gasteiger partial charge on any atom is -0.508 e. The summed E-state index contributed by atoms with van der Waals surface area (Å²) in [7, 11) is 4.75. The number of hydrogen-bond donors (Lipinski definition) is 3. The number of ketones is 1. The number of allylic oxidation sites excluding steroid dienone is 1. The molecule has 1 aliphatic heterocycles. The molecule has 3 aromatic rings. The fraction of sp³-hybridized carbons (Fsp3) is 0.250. The zero-order valence-corrected chi connectivity index (χ0v) is 19.9. The van der Waals surface area contributed by atoms with Crippen LogP contribution in [0, 0.1) is 0 Å². The van der Waals surface area contributed by atoms with Crippen molar-refractivity contribution in [3.63, 3.8) is 0 Å². The third-order valence-electron chi connectivity index (χ3n) is 6.69. The van der Waals surface area contributed by atoms with Crippen molar-refractivity contribution in [3.8, 4) is 23.0 Å². The Kier molecular flexibility index (Phi) is 5.99. The van der Waals surface area contributed by atoms with Crippen LogP contribution in [0.3, 0.4) is 0 Å². The lowest BCUT2D eigenvalue weighted by molar-refractivity contribution is -0.116. The average molecular weight is 473 g/mol. The van der Waals surface area contributed by atoms with Crippen LogP contribution >= 0.6 is 0 Å². The van der Waals surface area contributed by atoms with Crippen molar-refractivity contribution >= 4 is 17.2 Å². The van der Waals surface area contributed by atoms with Gasteiger partial charge in [0.05, 0.1) is 38.7 Å². The molecule has 0 fully saturated rings. The van der Waals surface area contributed by atoms with Gasteiger partial charge in [0, 0.05) is 17.7 Å². The van der Waals surface area contributed by atoms with E-state index in [0.717, 1.165) is 33.8 Å². The molecule has 2 aliphatic rings. The summed E-state index contributed by atoms with van der Waals surface area (Å²) < 4.78 is 16.6. The highest BCUT2D eigenvalue weighted by molar-refractivity contribution is 6.01. The maximum atomic E-state index is 13.7. The van der Waals surface area contributed by atoms with E-state index < -0.39 is 0 Å². The highest BCUT2D eigenvalue weighted by Crippen LogP contribution is 2.47. The molecule has 0 amide bonds. The van der Waals surface area contributed by atoms with Gasteiger partial charge in [-0.15, -0.1) is 0 Å². The summed E-state index contributed by atoms with van der Waals surface area (Å²) in [6.07, 6.45) is 0.996. The molecule has 5 rings (SSSR count). The van der Waals surface area contributed by atoms with Gasteiger partial charge in [0.1, 0.15) is 5.75 Å². The molecular formula is C28H28N2O5. The maximum Gasteiger partial charge on any atom is 0.203 e. The van der Waals surface area contributed by atoms with Gasteiger partial charge in [0.25, 0.3) is 0 Å². The number of fused-ring (bicyclic) bond motifs is 1. The van der Waals surface area contributed by atoms with E-state index in [1.54, 1.807) is 33.5 Å². The molecule has 180 valence electrons. The molecule has 35 heavy (non-hydrogen) atoms. The molecule has 0 saturated carbocycles. The number of ether oxygens (including phenoxy) is 3. The Morgan fingerprint density at radius 2 is 1.49 bits per heavy atom. The first-order valence-corrected chi connectivity index (χ1v) is 11.5. The molecule has 7 heteroatoms. The second kappa shape index (κ2) is 9.25. The average Bonchev–Trinajstić information content (AvgIpc) is 3.05. The van der Waals surface area contributed by atoms with Crippen LogP contribution in [-0.2, 0) is 4.79 Å². The van der Waals surface area contributed by atoms with E-state index in [-0.39, 0.29) is 23.5 Å². The van der Waals surface area contributed by atoms with E-state index in [1.165, 1.54) is 0 Å². The molecule has 0 unspecified atom stereocenters. The number of nitrogens with one attached hydrogen (secondary N) is 2. The van der Waals surface area contributed by atoms with Crippen molar-refractivity contribution in [2.45, 2.75) is 24.8 Å². The SMILES string of the molecule is COc1cc([C@@H]2CC(=O)C3=C(C2)Nc2ccccc2N[C@@H]3c2ccc(O)cc2)cc(OC)c1OC. The van der Waals surface area contributed by atoms with Gasteiger partial charge < -0.3 is 30.0 Å². The van der Waals surface area contributed by atoms with E-state index in [9.17, 15) is 9.90 Å². The molecule has 1 heterocycles. The number of carbonyl (C=O) groups excluding carboxylic acids is 1. The molecule has 0 saturated heterocycles. The second-order valence-electron chi connectivity index (χ2n) is 8.72. The summed E-state index contributed by atoms with van der Waals surface area (Å²) in [5.74, 6) is 1.85. The van der Waals surface area contributed by atoms with Gasteiger partial charge in [0.15, 0.2) is 17.3 Å². The first-order valence-electron chi connectivity index (χ1n) is 11.5. The molecule has 7 nitrogen and oxygen atoms in total. The summed E-state index contributed by atoms with van der Waals surface area (Å²) >= 11 is 0. The topological polar surface area (TPSA) is 89.1 Å². The van der Waals surface area contributed by atoms with E-state index in [0.29, 0.717) is 30.1 Å². The molecule has 0 radical (unpaired) electrons. The van der Waals surface area contributed by atoms with Crippen LogP contribution in [-0.4, -0.2) is 32.2 Å². The lowest BCUT2D eigenvalue weighted by Gasteiger charge is -2.30. The van der Waals surface area contributed by atoms with Crippen molar-refractivity contribution in [2.24, 2.45) is 0 Å². The monoisotopic (exact) mass is 472 g/mol. The smallest absolute Gasteiger partial charge is 0.203 e. The van der Waals surface area contributed by atoms with E-state index >= 15 is 0 Å². The number of carbonyl (C=O) groups is 1. The van der Waals surface area contributed by atoms with Crippen LogP contribution < -0.4 is 24.8 Å². The number of benzene rings is 3. The highest BCUT2D eigenvalue weighted by Gasteiger charge is 2.36. The Labute approximate surface area is 204 Å². The zero-order chi connectivity index (χ0) is 24.5. The second-order valence-corrected chi connectivity index (χ2v) is 8.72. The summed E-state index contributed by atoms with van der Waals surface area (Å²) in [4.78, 5) is 13.7. The van der Waals surface area contributed by atoms with Crippen LogP contribution in [0.5, 0.6) is 23.0 Å². The molecule has 3 N–H and O–H groups in total. The predicted molar refractivity (Wildman–Crippen MR) is 135 cm³/mol. The van der Waals surface area contributed by atoms with Gasteiger partial charge >= 0.3 is 0 Å². The Hall–Kier alpha value is -4.13. The first kappa shape index (κ1) is 22.7. The van der Waals surface area contributed by atoms with Crippen molar-refractivity contribution in [3.05, 3.63) is 83.1 Å². The van der Waals surface area contributed by atoms with Crippen molar-refractivity contribution in [2.75, 3.05) is 32.0 Å². The van der Waals surface area contributed by atoms with Gasteiger partial charge in [-0.2, -0.15) is 0 Å². The molecule has 0 spiro atoms. The number of para-hydroxylation sites is 2. The highest BCUT2D eigenvalue weighted by atomic mass is 16.5. The van der Waals surface area contributed by atoms with Gasteiger partial charge in [0.2, 0.25) is 5.75 Å². The van der Waals surface area contributed by atoms with E-state index in [4.69, 9.17) is 14.2 Å². The number of phenols is 1. The Morgan fingerprint density at radius 1 is 0.829 bits per heavy atom. The summed E-state index contributed by atoms with van der Waals surface area (Å²) in [6, 6.07) is 18.4. The minimum absolute atomic E-state index is 0.0619. The van der Waals surface area contributed by atoms with Crippen molar-refractivity contribution in [1.29, 1.82) is 0 Å². The molecule has 2 atom stereocenters. The number of hydrogen-bond acceptors (Lipinski definition) is 7. The van der Waals surface area contributed by atoms with Gasteiger partial charge in [-0.25, -0.2) is 0 Å². The first-order chi connectivity index (χ1) is 17.0. The summed E-state index contributed by atoms with van der Waals surface area (Å²) in [5, 5.41) is 16.9. The summed E-state index contributed by atoms with van der Waals surface area (Å²) in [6.45, 7) is 0. The van der Waals surface area contributed by atoms with Gasteiger partial charge in [-0.1, -0.05) is 24.3 Å². The molecular weight excluding hydrogens is 444 g/mol. The lowest BCUT2D eigenvalue weighted by atomic mass is 9.78. The largest absolute Gasteiger partial charge is 0.508 e. The lowest BCUT2D eigenvalue weighted by Crippen LogP contribution is -2.26. The third kappa shape index (κ3) is 4.14. The van der Waals surface area contributed by atoms with E-state index in [1.807, 2.05) is 48.5 Å². The van der Waals surface area contributed by atoms with Crippen LogP contribution in [0.4, 0.5) is 11.4 Å². The van der Waals surface area contributed by atoms with Crippen LogP contribution in [0.1, 0.15) is 35.9 Å². The number of aromatic hydroxyl groups is 1. The van der Waals surface area contributed by atoms with Crippen LogP contribution in [0.2, 0.25) is 0 Å². The Morgan fingerprint density at radius 3 is 2.11 bits per heavy atom. The Balaban J connectivity index is 1.59. The van der Waals surface area contributed by atoms with Crippen molar-refractivity contribution < 1.29 is 24.1 Å². The van der Waals surface area contributed by atoms with Crippen LogP contribution in [0.25, 0.3) is 0 Å². The standard InChI is InChI=1S/C28H28N2O5/c1-33-24-14-18(15-25(34-2)28(24)35-3)17-12-22-26(23(32)13-17)27(16-8-10-19(31)11-9-16)30-21-7-5-4-6-20(21)29-22/h4-11,14-15,17,27,29-31H,12-13H2,1-3H3/t17-,27+/m0/s1. The fourth-order valence-corrected chi connectivity index (χ4v) is 4.98. The molecule has 0 bridgehead atoms. The number of phenolic OH excluding ortho intramolecular Hbond substituents is 1. The van der Waals surface area contributed by atoms with Gasteiger partial charge in [-0.05, 0) is 59.9 Å². The quantitative estimate of drug-likeness (QED) is 0.458. The van der Waals surface area contributed by atoms with Crippen LogP contribution in [0.15, 0.2) is 71.9 Å². The predicted octanol–water partition coefficient (Wildman–Crippen LogP) is 5.40. The Bertz CT molecular complexity index is 1270. The summed E-state index contributed by atoms with van der Waals surface area (Å²) in [5.41, 5.74) is 5.30. The zero-order valence-electron chi connectivity index (χ0n) is 19.9. The number of Topliss-reactive ketones (excluding diaryl/α,β-unsaturated/α-hetero) is 1. The van der Waals surface area contributed by atoms with Gasteiger partial charge in [-0.3, -0.25) is 4.79 Å². The molecule has 1 aliphatic carbocycles. The van der Waals surface area contributed by atoms with E-state index in [2.05, 4.69) is 10.6 Å². The molecule has 0 aromatic heterocycles. The van der Waals surface area contributed by atoms with Crippen molar-refractivity contribution in [1.82, 2.24) is 0 Å².